The number of phenols is 1. The number of fused-ring (bicyclic) bond motifs is 4. The number of amides is 2. The maximum atomic E-state index is 13.2. The molecule has 3 heterocycles. The Labute approximate surface area is 150 Å². The van der Waals surface area contributed by atoms with Crippen molar-refractivity contribution >= 4 is 17.5 Å². The number of benzene rings is 1. The molecule has 2 unspecified atom stereocenters. The van der Waals surface area contributed by atoms with E-state index in [1.54, 1.807) is 18.6 Å². The molecule has 1 aromatic heterocycles. The van der Waals surface area contributed by atoms with Crippen LogP contribution in [-0.2, 0) is 11.2 Å². The summed E-state index contributed by atoms with van der Waals surface area (Å²) in [7, 11) is 0. The number of anilines is 1. The smallest absolute Gasteiger partial charge is 0.254 e. The van der Waals surface area contributed by atoms with Crippen LogP contribution in [0.15, 0.2) is 43.4 Å². The van der Waals surface area contributed by atoms with Gasteiger partial charge in [-0.15, -0.1) is 0 Å². The summed E-state index contributed by atoms with van der Waals surface area (Å²) in [5, 5.41) is 12.4. The predicted octanol–water partition coefficient (Wildman–Crippen LogP) is 2.21. The number of aromatic nitrogens is 2. The van der Waals surface area contributed by atoms with Gasteiger partial charge in [-0.2, -0.15) is 0 Å². The van der Waals surface area contributed by atoms with E-state index in [9.17, 15) is 14.7 Å². The third kappa shape index (κ3) is 2.61. The zero-order valence-corrected chi connectivity index (χ0v) is 14.1. The summed E-state index contributed by atoms with van der Waals surface area (Å²) in [6.45, 7) is 3.39. The number of aromatic hydroxyl groups is 1. The van der Waals surface area contributed by atoms with Crippen LogP contribution in [0, 0.1) is 0 Å². The lowest BCUT2D eigenvalue weighted by Crippen LogP contribution is -2.42. The number of nitrogens with one attached hydrogen (secondary N) is 1. The van der Waals surface area contributed by atoms with E-state index in [0.29, 0.717) is 5.56 Å². The van der Waals surface area contributed by atoms with Gasteiger partial charge >= 0.3 is 0 Å². The zero-order valence-electron chi connectivity index (χ0n) is 14.1. The maximum absolute atomic E-state index is 13.2. The predicted molar refractivity (Wildman–Crippen MR) is 94.6 cm³/mol. The minimum absolute atomic E-state index is 0.0301. The van der Waals surface area contributed by atoms with E-state index in [-0.39, 0.29) is 29.4 Å². The standard InChI is InChI=1S/C19H18N4O3/c1-2-18(25)22-15-7-11(3-6-17(15)24)19(26)23-12-4-5-16(23)13-9-20-10-21-14(13)8-12/h2-3,6-7,9-10,12,16,24H,1,4-5,8H2,(H,22,25). The molecule has 0 spiro atoms. The number of hydrogen-bond donors (Lipinski definition) is 2. The number of hydrogen-bond acceptors (Lipinski definition) is 5. The van der Waals surface area contributed by atoms with E-state index in [1.807, 2.05) is 4.90 Å². The molecule has 2 atom stereocenters. The van der Waals surface area contributed by atoms with Crippen molar-refractivity contribution in [2.45, 2.75) is 31.3 Å². The molecule has 1 aromatic carbocycles. The highest BCUT2D eigenvalue weighted by Gasteiger charge is 2.43. The molecule has 7 nitrogen and oxygen atoms in total. The topological polar surface area (TPSA) is 95.4 Å². The Morgan fingerprint density at radius 1 is 1.35 bits per heavy atom. The highest BCUT2D eigenvalue weighted by Crippen LogP contribution is 2.43. The fourth-order valence-electron chi connectivity index (χ4n) is 3.84. The molecule has 2 N–H and O–H groups in total. The monoisotopic (exact) mass is 350 g/mol. The highest BCUT2D eigenvalue weighted by molar-refractivity contribution is 6.02. The van der Waals surface area contributed by atoms with Crippen LogP contribution < -0.4 is 5.32 Å². The summed E-state index contributed by atoms with van der Waals surface area (Å²) in [4.78, 5) is 35.0. The molecule has 1 fully saturated rings. The first kappa shape index (κ1) is 16.3. The van der Waals surface area contributed by atoms with Gasteiger partial charge in [-0.05, 0) is 37.1 Å². The van der Waals surface area contributed by atoms with Crippen molar-refractivity contribution in [3.8, 4) is 5.75 Å². The van der Waals surface area contributed by atoms with Gasteiger partial charge in [0.05, 0.1) is 17.4 Å². The quantitative estimate of drug-likeness (QED) is 0.654. The molecule has 0 aliphatic carbocycles. The minimum atomic E-state index is -0.450. The van der Waals surface area contributed by atoms with E-state index >= 15 is 0 Å². The first-order chi connectivity index (χ1) is 12.6. The Kier molecular flexibility index (Phi) is 3.91. The van der Waals surface area contributed by atoms with Gasteiger partial charge in [-0.25, -0.2) is 9.97 Å². The van der Waals surface area contributed by atoms with Crippen LogP contribution in [0.25, 0.3) is 0 Å². The lowest BCUT2D eigenvalue weighted by Gasteiger charge is -2.35. The Morgan fingerprint density at radius 3 is 3.00 bits per heavy atom. The molecular weight excluding hydrogens is 332 g/mol. The number of nitrogens with zero attached hydrogens (tertiary/aromatic N) is 3. The second-order valence-electron chi connectivity index (χ2n) is 6.51. The summed E-state index contributed by atoms with van der Waals surface area (Å²) in [5.74, 6) is -0.674. The van der Waals surface area contributed by atoms with Crippen LogP contribution in [0.3, 0.4) is 0 Å². The molecule has 1 saturated heterocycles. The normalized spacial score (nSPS) is 20.4. The third-order valence-electron chi connectivity index (χ3n) is 5.04. The van der Waals surface area contributed by atoms with Gasteiger partial charge in [-0.1, -0.05) is 6.58 Å². The second kappa shape index (κ2) is 6.25. The number of carbonyl (C=O) groups is 2. The average molecular weight is 350 g/mol. The van der Waals surface area contributed by atoms with Crippen molar-refractivity contribution in [2.75, 3.05) is 5.32 Å². The largest absolute Gasteiger partial charge is 0.506 e. The van der Waals surface area contributed by atoms with Gasteiger partial charge in [0.2, 0.25) is 5.91 Å². The molecule has 0 saturated carbocycles. The van der Waals surface area contributed by atoms with Crippen LogP contribution in [-0.4, -0.2) is 37.8 Å². The Bertz CT molecular complexity index is 911. The molecule has 2 aromatic rings. The second-order valence-corrected chi connectivity index (χ2v) is 6.51. The van der Waals surface area contributed by atoms with Crippen molar-refractivity contribution in [3.05, 3.63) is 60.2 Å². The Hall–Kier alpha value is -3.22. The maximum Gasteiger partial charge on any atom is 0.254 e. The molecule has 2 amide bonds. The van der Waals surface area contributed by atoms with E-state index in [4.69, 9.17) is 0 Å². The van der Waals surface area contributed by atoms with Gasteiger partial charge in [0.15, 0.2) is 0 Å². The molecular formula is C19H18N4O3. The van der Waals surface area contributed by atoms with Crippen molar-refractivity contribution in [1.82, 2.24) is 14.9 Å². The van der Waals surface area contributed by atoms with Crippen LogP contribution >= 0.6 is 0 Å². The van der Waals surface area contributed by atoms with E-state index in [0.717, 1.165) is 36.6 Å². The molecule has 7 heteroatoms. The number of carbonyl (C=O) groups excluding carboxylic acids is 2. The van der Waals surface area contributed by atoms with Crippen LogP contribution in [0.1, 0.15) is 40.5 Å². The average Bonchev–Trinajstić information content (AvgIpc) is 2.97. The molecule has 4 rings (SSSR count). The van der Waals surface area contributed by atoms with Crippen molar-refractivity contribution in [3.63, 3.8) is 0 Å². The first-order valence-corrected chi connectivity index (χ1v) is 8.46. The number of rotatable bonds is 3. The minimum Gasteiger partial charge on any atom is -0.506 e. The van der Waals surface area contributed by atoms with E-state index in [2.05, 4.69) is 21.9 Å². The molecule has 2 aliphatic rings. The SMILES string of the molecule is C=CC(=O)Nc1cc(C(=O)N2C3CCC2c2cncnc2C3)ccc1O. The van der Waals surface area contributed by atoms with Crippen LogP contribution in [0.5, 0.6) is 5.75 Å². The third-order valence-corrected chi connectivity index (χ3v) is 5.04. The van der Waals surface area contributed by atoms with Gasteiger partial charge in [0, 0.05) is 29.8 Å². The van der Waals surface area contributed by atoms with Crippen molar-refractivity contribution < 1.29 is 14.7 Å². The number of phenolic OH excluding ortho intramolecular Hbond substituents is 1. The highest BCUT2D eigenvalue weighted by atomic mass is 16.3. The van der Waals surface area contributed by atoms with Crippen molar-refractivity contribution in [1.29, 1.82) is 0 Å². The molecule has 132 valence electrons. The molecule has 26 heavy (non-hydrogen) atoms. The lowest BCUT2D eigenvalue weighted by molar-refractivity contribution is -0.111. The van der Waals surface area contributed by atoms with Gasteiger partial charge in [0.25, 0.3) is 5.91 Å². The lowest BCUT2D eigenvalue weighted by atomic mass is 9.98. The van der Waals surface area contributed by atoms with Crippen molar-refractivity contribution in [2.24, 2.45) is 0 Å². The fourth-order valence-corrected chi connectivity index (χ4v) is 3.84. The van der Waals surface area contributed by atoms with Gasteiger partial charge in [-0.3, -0.25) is 9.59 Å². The summed E-state index contributed by atoms with van der Waals surface area (Å²) < 4.78 is 0. The molecule has 0 radical (unpaired) electrons. The van der Waals surface area contributed by atoms with Crippen LogP contribution in [0.2, 0.25) is 0 Å². The Balaban J connectivity index is 1.66. The summed E-state index contributed by atoms with van der Waals surface area (Å²) in [6, 6.07) is 4.55. The summed E-state index contributed by atoms with van der Waals surface area (Å²) in [5.41, 5.74) is 2.63. The fraction of sp³-hybridized carbons (Fsp3) is 0.263. The molecule has 2 aliphatic heterocycles. The van der Waals surface area contributed by atoms with Gasteiger partial charge in [0.1, 0.15) is 12.1 Å². The van der Waals surface area contributed by atoms with E-state index in [1.165, 1.54) is 12.1 Å². The molecule has 2 bridgehead atoms. The van der Waals surface area contributed by atoms with E-state index < -0.39 is 5.91 Å². The van der Waals surface area contributed by atoms with Crippen LogP contribution in [0.4, 0.5) is 5.69 Å². The Morgan fingerprint density at radius 2 is 2.19 bits per heavy atom. The first-order valence-electron chi connectivity index (χ1n) is 8.46. The summed E-state index contributed by atoms with van der Waals surface area (Å²) in [6.07, 6.45) is 6.97. The zero-order chi connectivity index (χ0) is 18.3. The summed E-state index contributed by atoms with van der Waals surface area (Å²) >= 11 is 0. The van der Waals surface area contributed by atoms with Gasteiger partial charge < -0.3 is 15.3 Å².